The summed E-state index contributed by atoms with van der Waals surface area (Å²) in [5, 5.41) is 13.6. The summed E-state index contributed by atoms with van der Waals surface area (Å²) in [6.45, 7) is 1.89. The molecule has 1 aliphatic heterocycles. The number of carbonyl (C=O) groups excluding carboxylic acids is 2. The van der Waals surface area contributed by atoms with Gasteiger partial charge in [0.15, 0.2) is 5.57 Å². The van der Waals surface area contributed by atoms with Crippen molar-refractivity contribution >= 4 is 11.9 Å². The number of esters is 1. The number of amides is 1. The first-order valence-corrected chi connectivity index (χ1v) is 4.04. The van der Waals surface area contributed by atoms with Gasteiger partial charge in [0.2, 0.25) is 5.91 Å². The largest absolute Gasteiger partial charge is 0.462 e. The third-order valence-corrected chi connectivity index (χ3v) is 1.53. The highest BCUT2D eigenvalue weighted by molar-refractivity contribution is 5.95. The average molecular weight is 195 g/mol. The average Bonchev–Trinajstić information content (AvgIpc) is 2.54. The monoisotopic (exact) mass is 195 g/mol. The van der Waals surface area contributed by atoms with E-state index >= 15 is 0 Å². The zero-order valence-corrected chi connectivity index (χ0v) is 7.59. The normalized spacial score (nSPS) is 17.9. The number of nitrogens with one attached hydrogen (secondary N) is 2. The summed E-state index contributed by atoms with van der Waals surface area (Å²) in [5.74, 6) is -0.896. The van der Waals surface area contributed by atoms with Crippen molar-refractivity contribution in [2.24, 2.45) is 0 Å². The number of ether oxygens (including phenoxy) is 1. The van der Waals surface area contributed by atoms with Crippen molar-refractivity contribution in [3.8, 4) is 6.07 Å². The predicted octanol–water partition coefficient (Wildman–Crippen LogP) is -0.996. The van der Waals surface area contributed by atoms with Crippen LogP contribution in [-0.4, -0.2) is 25.0 Å². The first kappa shape index (κ1) is 10.1. The van der Waals surface area contributed by atoms with Crippen LogP contribution >= 0.6 is 0 Å². The van der Waals surface area contributed by atoms with Crippen molar-refractivity contribution in [2.75, 3.05) is 13.2 Å². The molecule has 0 aliphatic carbocycles. The SMILES string of the molecule is CCOC(=O)/C(C#N)=C1\NCC(=O)N1. The van der Waals surface area contributed by atoms with Gasteiger partial charge in [0.05, 0.1) is 13.2 Å². The smallest absolute Gasteiger partial charge is 0.352 e. The first-order chi connectivity index (χ1) is 6.69. The molecule has 1 fully saturated rings. The lowest BCUT2D eigenvalue weighted by Crippen LogP contribution is -2.20. The van der Waals surface area contributed by atoms with E-state index in [0.717, 1.165) is 0 Å². The van der Waals surface area contributed by atoms with Gasteiger partial charge < -0.3 is 15.4 Å². The minimum Gasteiger partial charge on any atom is -0.462 e. The molecular formula is C8H9N3O3. The molecule has 2 N–H and O–H groups in total. The fourth-order valence-corrected chi connectivity index (χ4v) is 0.954. The molecule has 74 valence electrons. The van der Waals surface area contributed by atoms with E-state index < -0.39 is 5.97 Å². The molecule has 1 saturated heterocycles. The second kappa shape index (κ2) is 4.28. The van der Waals surface area contributed by atoms with E-state index in [4.69, 9.17) is 5.26 Å². The molecule has 14 heavy (non-hydrogen) atoms. The Kier molecular flexibility index (Phi) is 3.07. The lowest BCUT2D eigenvalue weighted by atomic mass is 10.3. The standard InChI is InChI=1S/C8H9N3O3/c1-2-14-8(13)5(3-9)7-10-4-6(12)11-7/h10H,2,4H2,1H3,(H,11,12)/b7-5+. The maximum atomic E-state index is 11.2. The van der Waals surface area contributed by atoms with Crippen LogP contribution in [0.25, 0.3) is 0 Å². The van der Waals surface area contributed by atoms with E-state index in [1.54, 1.807) is 13.0 Å². The summed E-state index contributed by atoms with van der Waals surface area (Å²) >= 11 is 0. The molecule has 0 bridgehead atoms. The fourth-order valence-electron chi connectivity index (χ4n) is 0.954. The minimum absolute atomic E-state index is 0.0694. The number of rotatable bonds is 2. The first-order valence-electron chi connectivity index (χ1n) is 4.04. The molecule has 1 heterocycles. The molecule has 0 aromatic carbocycles. The summed E-state index contributed by atoms with van der Waals surface area (Å²) in [4.78, 5) is 22.0. The van der Waals surface area contributed by atoms with Gasteiger partial charge in [-0.2, -0.15) is 5.26 Å². The topological polar surface area (TPSA) is 91.2 Å². The second-order valence-electron chi connectivity index (χ2n) is 2.48. The van der Waals surface area contributed by atoms with Crippen LogP contribution in [0.4, 0.5) is 0 Å². The molecule has 6 heteroatoms. The predicted molar refractivity (Wildman–Crippen MR) is 45.4 cm³/mol. The molecule has 1 rings (SSSR count). The molecule has 1 aliphatic rings. The summed E-state index contributed by atoms with van der Waals surface area (Å²) in [6, 6.07) is 1.68. The molecule has 1 amide bonds. The number of nitriles is 1. The van der Waals surface area contributed by atoms with Crippen LogP contribution < -0.4 is 10.6 Å². The van der Waals surface area contributed by atoms with E-state index in [1.807, 2.05) is 0 Å². The molecule has 6 nitrogen and oxygen atoms in total. The van der Waals surface area contributed by atoms with Crippen molar-refractivity contribution < 1.29 is 14.3 Å². The van der Waals surface area contributed by atoms with Gasteiger partial charge in [-0.1, -0.05) is 0 Å². The highest BCUT2D eigenvalue weighted by Crippen LogP contribution is 2.03. The van der Waals surface area contributed by atoms with Gasteiger partial charge in [-0.15, -0.1) is 0 Å². The van der Waals surface area contributed by atoms with Crippen molar-refractivity contribution in [2.45, 2.75) is 6.92 Å². The highest BCUT2D eigenvalue weighted by Gasteiger charge is 2.22. The zero-order chi connectivity index (χ0) is 10.6. The lowest BCUT2D eigenvalue weighted by molar-refractivity contribution is -0.138. The Balaban J connectivity index is 2.86. The Morgan fingerprint density at radius 3 is 2.86 bits per heavy atom. The van der Waals surface area contributed by atoms with Crippen LogP contribution in [0.5, 0.6) is 0 Å². The van der Waals surface area contributed by atoms with Gasteiger partial charge in [0.25, 0.3) is 0 Å². The third kappa shape index (κ3) is 2.01. The maximum absolute atomic E-state index is 11.2. The van der Waals surface area contributed by atoms with Gasteiger partial charge in [-0.05, 0) is 6.92 Å². The van der Waals surface area contributed by atoms with Gasteiger partial charge in [-0.25, -0.2) is 4.79 Å². The van der Waals surface area contributed by atoms with Gasteiger partial charge in [-0.3, -0.25) is 4.79 Å². The lowest BCUT2D eigenvalue weighted by Gasteiger charge is -2.02. The number of hydrogen-bond donors (Lipinski definition) is 2. The van der Waals surface area contributed by atoms with E-state index in [9.17, 15) is 9.59 Å². The third-order valence-electron chi connectivity index (χ3n) is 1.53. The van der Waals surface area contributed by atoms with Gasteiger partial charge in [0, 0.05) is 0 Å². The van der Waals surface area contributed by atoms with Crippen LogP contribution in [0.2, 0.25) is 0 Å². The second-order valence-corrected chi connectivity index (χ2v) is 2.48. The molecule has 0 atom stereocenters. The highest BCUT2D eigenvalue weighted by atomic mass is 16.5. The van der Waals surface area contributed by atoms with E-state index in [-0.39, 0.29) is 30.5 Å². The fraction of sp³-hybridized carbons (Fsp3) is 0.375. The van der Waals surface area contributed by atoms with E-state index in [1.165, 1.54) is 0 Å². The molecule has 0 spiro atoms. The molecule has 0 aromatic heterocycles. The molecule has 0 unspecified atom stereocenters. The Labute approximate surface area is 80.5 Å². The summed E-state index contributed by atoms with van der Waals surface area (Å²) in [7, 11) is 0. The summed E-state index contributed by atoms with van der Waals surface area (Å²) in [6.07, 6.45) is 0. The Hall–Kier alpha value is -2.03. The maximum Gasteiger partial charge on any atom is 0.352 e. The molecule has 0 radical (unpaired) electrons. The van der Waals surface area contributed by atoms with Gasteiger partial charge >= 0.3 is 5.97 Å². The summed E-state index contributed by atoms with van der Waals surface area (Å²) in [5.41, 5.74) is -0.210. The van der Waals surface area contributed by atoms with E-state index in [2.05, 4.69) is 15.4 Å². The molecule has 0 aromatic rings. The van der Waals surface area contributed by atoms with Crippen molar-refractivity contribution in [3.63, 3.8) is 0 Å². The number of hydrogen-bond acceptors (Lipinski definition) is 5. The van der Waals surface area contributed by atoms with Crippen LogP contribution in [-0.2, 0) is 14.3 Å². The van der Waals surface area contributed by atoms with Crippen molar-refractivity contribution in [1.29, 1.82) is 5.26 Å². The Morgan fingerprint density at radius 2 is 2.43 bits per heavy atom. The minimum atomic E-state index is -0.736. The van der Waals surface area contributed by atoms with Crippen molar-refractivity contribution in [1.82, 2.24) is 10.6 Å². The number of carbonyl (C=O) groups is 2. The van der Waals surface area contributed by atoms with Gasteiger partial charge in [0.1, 0.15) is 11.9 Å². The zero-order valence-electron chi connectivity index (χ0n) is 7.59. The Morgan fingerprint density at radius 1 is 1.71 bits per heavy atom. The molecular weight excluding hydrogens is 186 g/mol. The number of nitrogens with zero attached hydrogens (tertiary/aromatic N) is 1. The van der Waals surface area contributed by atoms with Crippen LogP contribution in [0, 0.1) is 11.3 Å². The van der Waals surface area contributed by atoms with Crippen LogP contribution in [0.15, 0.2) is 11.4 Å². The van der Waals surface area contributed by atoms with Crippen LogP contribution in [0.3, 0.4) is 0 Å². The Bertz CT molecular complexity index is 340. The van der Waals surface area contributed by atoms with E-state index in [0.29, 0.717) is 0 Å². The van der Waals surface area contributed by atoms with Crippen molar-refractivity contribution in [3.05, 3.63) is 11.4 Å². The molecule has 0 saturated carbocycles. The quantitative estimate of drug-likeness (QED) is 0.335. The summed E-state index contributed by atoms with van der Waals surface area (Å²) < 4.78 is 4.63. The van der Waals surface area contributed by atoms with Crippen LogP contribution in [0.1, 0.15) is 6.92 Å².